The minimum Gasteiger partial charge on any atom is -0.373 e. The minimum absolute atomic E-state index is 0.0171. The first-order valence-electron chi connectivity index (χ1n) is 11.8. The van der Waals surface area contributed by atoms with Gasteiger partial charge >= 0.3 is 0 Å². The molecule has 4 aliphatic heterocycles. The van der Waals surface area contributed by atoms with Crippen molar-refractivity contribution in [3.05, 3.63) is 71.8 Å². The summed E-state index contributed by atoms with van der Waals surface area (Å²) in [7, 11) is 0. The fourth-order valence-electron chi connectivity index (χ4n) is 5.85. The summed E-state index contributed by atoms with van der Waals surface area (Å²) in [6, 6.07) is 22.3. The maximum atomic E-state index is 5.80. The van der Waals surface area contributed by atoms with E-state index in [-0.39, 0.29) is 10.8 Å². The molecule has 0 saturated carbocycles. The Bertz CT molecular complexity index is 765. The number of benzene rings is 2. The summed E-state index contributed by atoms with van der Waals surface area (Å²) in [5.41, 5.74) is 2.89. The van der Waals surface area contributed by atoms with Crippen LogP contribution in [0.1, 0.15) is 43.2 Å². The van der Waals surface area contributed by atoms with Crippen molar-refractivity contribution in [2.75, 3.05) is 26.4 Å². The second kappa shape index (κ2) is 8.00. The zero-order chi connectivity index (χ0) is 20.7. The Morgan fingerprint density at radius 3 is 1.06 bits per heavy atom. The Hall–Kier alpha value is -1.72. The average molecular weight is 421 g/mol. The molecule has 4 fully saturated rings. The lowest BCUT2D eigenvalue weighted by molar-refractivity contribution is 0.168. The van der Waals surface area contributed by atoms with Crippen molar-refractivity contribution in [2.24, 2.45) is 0 Å². The Labute approximate surface area is 184 Å². The third-order valence-electron chi connectivity index (χ3n) is 7.53. The van der Waals surface area contributed by atoms with Gasteiger partial charge in [-0.1, -0.05) is 60.7 Å². The molecule has 4 nitrogen and oxygen atoms in total. The van der Waals surface area contributed by atoms with Crippen molar-refractivity contribution in [3.8, 4) is 0 Å². The summed E-state index contributed by atoms with van der Waals surface area (Å²) in [4.78, 5) is 0. The summed E-state index contributed by atoms with van der Waals surface area (Å²) < 4.78 is 23.2. The summed E-state index contributed by atoms with van der Waals surface area (Å²) in [6.45, 7) is 3.54. The molecular formula is C27H32O4. The van der Waals surface area contributed by atoms with Crippen molar-refractivity contribution < 1.29 is 18.9 Å². The normalized spacial score (nSPS) is 32.0. The molecular weight excluding hydrogens is 388 g/mol. The van der Waals surface area contributed by atoms with E-state index in [1.807, 2.05) is 0 Å². The molecule has 0 aromatic heterocycles. The van der Waals surface area contributed by atoms with Crippen molar-refractivity contribution in [1.82, 2.24) is 0 Å². The van der Waals surface area contributed by atoms with Crippen molar-refractivity contribution in [1.29, 1.82) is 0 Å². The van der Waals surface area contributed by atoms with Crippen LogP contribution in [0.4, 0.5) is 0 Å². The smallest absolute Gasteiger partial charge is 0.0818 e. The lowest BCUT2D eigenvalue weighted by Crippen LogP contribution is -2.42. The summed E-state index contributed by atoms with van der Waals surface area (Å²) in [5, 5.41) is 0. The molecule has 4 saturated heterocycles. The molecule has 0 spiro atoms. The number of hydrogen-bond acceptors (Lipinski definition) is 4. The van der Waals surface area contributed by atoms with Crippen LogP contribution < -0.4 is 0 Å². The highest BCUT2D eigenvalue weighted by atomic mass is 16.6. The van der Waals surface area contributed by atoms with Gasteiger partial charge in [-0.2, -0.15) is 0 Å². The average Bonchev–Trinajstić information content (AvgIpc) is 3.62. The first kappa shape index (κ1) is 19.9. The van der Waals surface area contributed by atoms with Crippen LogP contribution in [-0.4, -0.2) is 50.8 Å². The monoisotopic (exact) mass is 420 g/mol. The van der Waals surface area contributed by atoms with E-state index in [1.54, 1.807) is 0 Å². The van der Waals surface area contributed by atoms with Gasteiger partial charge in [0.15, 0.2) is 0 Å². The van der Waals surface area contributed by atoms with E-state index in [2.05, 4.69) is 60.7 Å². The summed E-state index contributed by atoms with van der Waals surface area (Å²) >= 11 is 0. The number of ether oxygens (including phenoxy) is 4. The molecule has 6 rings (SSSR count). The second-order valence-corrected chi connectivity index (χ2v) is 10.1. The number of hydrogen-bond donors (Lipinski definition) is 0. The van der Waals surface area contributed by atoms with E-state index in [9.17, 15) is 0 Å². The Morgan fingerprint density at radius 1 is 0.516 bits per heavy atom. The quantitative estimate of drug-likeness (QED) is 0.477. The third kappa shape index (κ3) is 4.73. The minimum atomic E-state index is 0.0171. The summed E-state index contributed by atoms with van der Waals surface area (Å²) in [6.07, 6.45) is 6.76. The molecule has 0 bridgehead atoms. The second-order valence-electron chi connectivity index (χ2n) is 10.1. The lowest BCUT2D eigenvalue weighted by Gasteiger charge is -2.45. The van der Waals surface area contributed by atoms with E-state index in [1.165, 1.54) is 11.1 Å². The Kier molecular flexibility index (Phi) is 5.14. The van der Waals surface area contributed by atoms with E-state index in [0.29, 0.717) is 24.4 Å². The SMILES string of the molecule is c1ccc(C(CC2CO2)(CC2CO2)CC(CC2CO2)(CC2CO2)c2ccccc2)cc1. The largest absolute Gasteiger partial charge is 0.373 e. The molecule has 4 heteroatoms. The molecule has 0 radical (unpaired) electrons. The van der Waals surface area contributed by atoms with Crippen molar-refractivity contribution >= 4 is 0 Å². The fourth-order valence-corrected chi connectivity index (χ4v) is 5.85. The van der Waals surface area contributed by atoms with Crippen molar-refractivity contribution in [3.63, 3.8) is 0 Å². The van der Waals surface area contributed by atoms with Crippen LogP contribution in [0.25, 0.3) is 0 Å². The maximum Gasteiger partial charge on any atom is 0.0818 e. The molecule has 0 aliphatic carbocycles. The molecule has 31 heavy (non-hydrogen) atoms. The van der Waals surface area contributed by atoms with Crippen LogP contribution in [-0.2, 0) is 29.8 Å². The Morgan fingerprint density at radius 2 is 0.806 bits per heavy atom. The molecule has 4 unspecified atom stereocenters. The van der Waals surface area contributed by atoms with Crippen LogP contribution in [0.2, 0.25) is 0 Å². The van der Waals surface area contributed by atoms with E-state index < -0.39 is 0 Å². The third-order valence-corrected chi connectivity index (χ3v) is 7.53. The van der Waals surface area contributed by atoms with Crippen LogP contribution >= 0.6 is 0 Å². The molecule has 0 N–H and O–H groups in total. The van der Waals surface area contributed by atoms with Crippen molar-refractivity contribution in [2.45, 2.75) is 67.3 Å². The molecule has 2 aromatic carbocycles. The molecule has 4 aliphatic rings. The summed E-state index contributed by atoms with van der Waals surface area (Å²) in [5.74, 6) is 0. The highest BCUT2D eigenvalue weighted by Crippen LogP contribution is 2.53. The van der Waals surface area contributed by atoms with Gasteiger partial charge in [0.1, 0.15) is 0 Å². The maximum absolute atomic E-state index is 5.80. The molecule has 0 amide bonds. The zero-order valence-electron chi connectivity index (χ0n) is 18.1. The van der Waals surface area contributed by atoms with E-state index in [0.717, 1.165) is 58.5 Å². The van der Waals surface area contributed by atoms with Gasteiger partial charge < -0.3 is 18.9 Å². The van der Waals surface area contributed by atoms with Crippen LogP contribution in [0, 0.1) is 0 Å². The molecule has 4 atom stereocenters. The first-order chi connectivity index (χ1) is 15.2. The first-order valence-corrected chi connectivity index (χ1v) is 11.8. The van der Waals surface area contributed by atoms with Gasteiger partial charge in [0.2, 0.25) is 0 Å². The van der Waals surface area contributed by atoms with E-state index in [4.69, 9.17) is 18.9 Å². The fraction of sp³-hybridized carbons (Fsp3) is 0.556. The van der Waals surface area contributed by atoms with Crippen LogP contribution in [0.3, 0.4) is 0 Å². The standard InChI is InChI=1S/C27H32O4/c1-3-7-20(8-4-1)26(11-22-15-28-22,12-23-16-29-23)19-27(13-24-17-30-24,14-25-18-31-25)21-9-5-2-6-10-21/h1-10,22-25H,11-19H2. The highest BCUT2D eigenvalue weighted by Gasteiger charge is 2.52. The van der Waals surface area contributed by atoms with Gasteiger partial charge in [-0.15, -0.1) is 0 Å². The topological polar surface area (TPSA) is 50.1 Å². The van der Waals surface area contributed by atoms with Crippen LogP contribution in [0.5, 0.6) is 0 Å². The molecule has 164 valence electrons. The van der Waals surface area contributed by atoms with Gasteiger partial charge in [0, 0.05) is 10.8 Å². The number of epoxide rings is 4. The van der Waals surface area contributed by atoms with Gasteiger partial charge in [0.25, 0.3) is 0 Å². The Balaban J connectivity index is 1.44. The number of rotatable bonds is 12. The predicted molar refractivity (Wildman–Crippen MR) is 118 cm³/mol. The van der Waals surface area contributed by atoms with Gasteiger partial charge in [-0.25, -0.2) is 0 Å². The highest BCUT2D eigenvalue weighted by molar-refractivity contribution is 5.33. The lowest BCUT2D eigenvalue weighted by atomic mass is 9.58. The van der Waals surface area contributed by atoms with Gasteiger partial charge in [-0.3, -0.25) is 0 Å². The molecule has 2 aromatic rings. The van der Waals surface area contributed by atoms with Crippen LogP contribution in [0.15, 0.2) is 60.7 Å². The molecule has 4 heterocycles. The zero-order valence-corrected chi connectivity index (χ0v) is 18.1. The van der Waals surface area contributed by atoms with Gasteiger partial charge in [-0.05, 0) is 43.2 Å². The van der Waals surface area contributed by atoms with Gasteiger partial charge in [0.05, 0.1) is 50.8 Å². The predicted octanol–water partition coefficient (Wildman–Crippen LogP) is 4.41. The van der Waals surface area contributed by atoms with E-state index >= 15 is 0 Å².